The van der Waals surface area contributed by atoms with Crippen LogP contribution in [0.5, 0.6) is 5.75 Å². The number of benzene rings is 2. The van der Waals surface area contributed by atoms with Gasteiger partial charge >= 0.3 is 0 Å². The summed E-state index contributed by atoms with van der Waals surface area (Å²) >= 11 is 0. The molecule has 0 saturated carbocycles. The number of ether oxygens (including phenoxy) is 1. The number of para-hydroxylation sites is 2. The molecule has 2 N–H and O–H groups in total. The van der Waals surface area contributed by atoms with E-state index in [4.69, 9.17) is 4.74 Å². The lowest BCUT2D eigenvalue weighted by molar-refractivity contribution is -0.122. The Morgan fingerprint density at radius 2 is 2.00 bits per heavy atom. The summed E-state index contributed by atoms with van der Waals surface area (Å²) in [6, 6.07) is 12.8. The molecule has 23 heavy (non-hydrogen) atoms. The molecule has 2 amide bonds. The highest BCUT2D eigenvalue weighted by molar-refractivity contribution is 6.09. The Balaban J connectivity index is 1.92. The van der Waals surface area contributed by atoms with E-state index in [1.165, 1.54) is 0 Å². The summed E-state index contributed by atoms with van der Waals surface area (Å²) in [6.45, 7) is 3.69. The van der Waals surface area contributed by atoms with Crippen molar-refractivity contribution in [2.24, 2.45) is 0 Å². The van der Waals surface area contributed by atoms with Crippen LogP contribution < -0.4 is 15.4 Å². The topological polar surface area (TPSA) is 67.4 Å². The fourth-order valence-electron chi connectivity index (χ4n) is 2.55. The maximum atomic E-state index is 12.6. The quantitative estimate of drug-likeness (QED) is 0.914. The van der Waals surface area contributed by atoms with Crippen molar-refractivity contribution in [1.82, 2.24) is 0 Å². The highest BCUT2D eigenvalue weighted by Crippen LogP contribution is 2.33. The van der Waals surface area contributed by atoms with Crippen LogP contribution in [-0.2, 0) is 11.2 Å². The van der Waals surface area contributed by atoms with Crippen LogP contribution in [0.25, 0.3) is 0 Å². The summed E-state index contributed by atoms with van der Waals surface area (Å²) < 4.78 is 5.62. The average Bonchev–Trinajstić information content (AvgIpc) is 2.56. The molecule has 0 fully saturated rings. The molecular weight excluding hydrogens is 292 g/mol. The summed E-state index contributed by atoms with van der Waals surface area (Å²) in [4.78, 5) is 24.3. The van der Waals surface area contributed by atoms with Gasteiger partial charge in [-0.2, -0.15) is 0 Å². The van der Waals surface area contributed by atoms with E-state index in [9.17, 15) is 9.59 Å². The molecule has 3 rings (SSSR count). The fraction of sp³-hybridized carbons (Fsp3) is 0.222. The second-order valence-corrected chi connectivity index (χ2v) is 5.40. The first-order valence-corrected chi connectivity index (χ1v) is 7.60. The van der Waals surface area contributed by atoms with E-state index in [-0.39, 0.29) is 11.8 Å². The number of carbonyl (C=O) groups is 2. The minimum Gasteiger partial charge on any atom is -0.478 e. The van der Waals surface area contributed by atoms with E-state index in [1.807, 2.05) is 31.2 Å². The maximum Gasteiger partial charge on any atom is 0.265 e. The van der Waals surface area contributed by atoms with Crippen LogP contribution in [0.4, 0.5) is 11.4 Å². The molecule has 2 aromatic carbocycles. The molecule has 2 aromatic rings. The van der Waals surface area contributed by atoms with Crippen molar-refractivity contribution in [3.05, 3.63) is 53.6 Å². The lowest BCUT2D eigenvalue weighted by Crippen LogP contribution is -2.35. The van der Waals surface area contributed by atoms with E-state index in [2.05, 4.69) is 10.6 Å². The molecule has 1 heterocycles. The molecule has 0 aliphatic carbocycles. The normalized spacial score (nSPS) is 16.1. The Kier molecular flexibility index (Phi) is 4.02. The molecule has 118 valence electrons. The second kappa shape index (κ2) is 6.12. The molecular formula is C18H18N2O3. The number of hydrogen-bond donors (Lipinski definition) is 2. The van der Waals surface area contributed by atoms with E-state index in [1.54, 1.807) is 25.1 Å². The molecule has 0 radical (unpaired) electrons. The zero-order valence-corrected chi connectivity index (χ0v) is 13.1. The van der Waals surface area contributed by atoms with Crippen LogP contribution in [0.3, 0.4) is 0 Å². The number of nitrogens with one attached hydrogen (secondary N) is 2. The van der Waals surface area contributed by atoms with Crippen molar-refractivity contribution in [2.45, 2.75) is 26.4 Å². The second-order valence-electron chi connectivity index (χ2n) is 5.40. The first kappa shape index (κ1) is 15.1. The number of hydrogen-bond acceptors (Lipinski definition) is 3. The van der Waals surface area contributed by atoms with E-state index < -0.39 is 6.10 Å². The van der Waals surface area contributed by atoms with Crippen LogP contribution in [0.15, 0.2) is 42.5 Å². The van der Waals surface area contributed by atoms with Crippen LogP contribution in [0.2, 0.25) is 0 Å². The summed E-state index contributed by atoms with van der Waals surface area (Å²) in [5.74, 6) is -0.0661. The van der Waals surface area contributed by atoms with Crippen molar-refractivity contribution in [3.63, 3.8) is 0 Å². The van der Waals surface area contributed by atoms with Gasteiger partial charge in [0.05, 0.1) is 11.3 Å². The van der Waals surface area contributed by atoms with Crippen molar-refractivity contribution in [2.75, 3.05) is 10.6 Å². The number of fused-ring (bicyclic) bond motifs is 1. The lowest BCUT2D eigenvalue weighted by atomic mass is 10.1. The Morgan fingerprint density at radius 3 is 2.78 bits per heavy atom. The molecule has 5 heteroatoms. The van der Waals surface area contributed by atoms with Gasteiger partial charge in [0.25, 0.3) is 11.8 Å². The number of rotatable bonds is 3. The average molecular weight is 310 g/mol. The Bertz CT molecular complexity index is 771. The molecule has 0 aromatic heterocycles. The first-order valence-electron chi connectivity index (χ1n) is 7.60. The highest BCUT2D eigenvalue weighted by Gasteiger charge is 2.27. The first-order chi connectivity index (χ1) is 11.1. The molecule has 5 nitrogen and oxygen atoms in total. The highest BCUT2D eigenvalue weighted by atomic mass is 16.5. The van der Waals surface area contributed by atoms with Gasteiger partial charge in [-0.15, -0.1) is 0 Å². The molecule has 1 unspecified atom stereocenters. The zero-order chi connectivity index (χ0) is 16.4. The Hall–Kier alpha value is -2.82. The van der Waals surface area contributed by atoms with Gasteiger partial charge in [0.1, 0.15) is 0 Å². The summed E-state index contributed by atoms with van der Waals surface area (Å²) in [5.41, 5.74) is 2.77. The lowest BCUT2D eigenvalue weighted by Gasteiger charge is -2.25. The number of aryl methyl sites for hydroxylation is 1. The number of amides is 2. The van der Waals surface area contributed by atoms with Gasteiger partial charge in [0, 0.05) is 5.69 Å². The van der Waals surface area contributed by atoms with Gasteiger partial charge in [-0.1, -0.05) is 31.2 Å². The third kappa shape index (κ3) is 2.90. The monoisotopic (exact) mass is 310 g/mol. The van der Waals surface area contributed by atoms with E-state index >= 15 is 0 Å². The third-order valence-corrected chi connectivity index (χ3v) is 3.83. The molecule has 1 aliphatic heterocycles. The summed E-state index contributed by atoms with van der Waals surface area (Å²) in [5, 5.41) is 5.67. The number of carbonyl (C=O) groups excluding carboxylic acids is 2. The van der Waals surface area contributed by atoms with Gasteiger partial charge < -0.3 is 15.4 Å². The van der Waals surface area contributed by atoms with E-state index in [0.717, 1.165) is 17.7 Å². The van der Waals surface area contributed by atoms with Gasteiger partial charge in [0.2, 0.25) is 0 Å². The summed E-state index contributed by atoms with van der Waals surface area (Å²) in [6.07, 6.45) is 0.201. The Labute approximate surface area is 134 Å². The van der Waals surface area contributed by atoms with Gasteiger partial charge in [0.15, 0.2) is 11.9 Å². The Morgan fingerprint density at radius 1 is 1.22 bits per heavy atom. The van der Waals surface area contributed by atoms with Gasteiger partial charge in [-0.25, -0.2) is 0 Å². The minimum absolute atomic E-state index is 0.216. The molecule has 0 spiro atoms. The van der Waals surface area contributed by atoms with Crippen LogP contribution >= 0.6 is 0 Å². The van der Waals surface area contributed by atoms with Crippen LogP contribution in [0.1, 0.15) is 29.8 Å². The maximum absolute atomic E-state index is 12.6. The van der Waals surface area contributed by atoms with Crippen LogP contribution in [0, 0.1) is 0 Å². The molecule has 1 aliphatic rings. The van der Waals surface area contributed by atoms with Gasteiger partial charge in [-0.05, 0) is 37.1 Å². The third-order valence-electron chi connectivity index (χ3n) is 3.83. The fourth-order valence-corrected chi connectivity index (χ4v) is 2.55. The van der Waals surface area contributed by atoms with Gasteiger partial charge in [-0.3, -0.25) is 9.59 Å². The van der Waals surface area contributed by atoms with Crippen molar-refractivity contribution in [1.29, 1.82) is 0 Å². The van der Waals surface area contributed by atoms with E-state index in [0.29, 0.717) is 17.0 Å². The summed E-state index contributed by atoms with van der Waals surface area (Å²) in [7, 11) is 0. The SMILES string of the molecule is CCc1ccccc1NC(=O)c1cccc2c1OC(C)C(=O)N2. The van der Waals surface area contributed by atoms with Crippen LogP contribution in [-0.4, -0.2) is 17.9 Å². The smallest absolute Gasteiger partial charge is 0.265 e. The largest absolute Gasteiger partial charge is 0.478 e. The standard InChI is InChI=1S/C18H18N2O3/c1-3-12-7-4-5-9-14(12)19-18(22)13-8-6-10-15-16(13)23-11(2)17(21)20-15/h4-11H,3H2,1-2H3,(H,19,22)(H,20,21). The van der Waals surface area contributed by atoms with Crippen molar-refractivity contribution < 1.29 is 14.3 Å². The molecule has 0 saturated heterocycles. The van der Waals surface area contributed by atoms with Crippen molar-refractivity contribution >= 4 is 23.2 Å². The molecule has 1 atom stereocenters. The number of anilines is 2. The molecule has 0 bridgehead atoms. The predicted octanol–water partition coefficient (Wildman–Crippen LogP) is 3.22. The minimum atomic E-state index is -0.626. The zero-order valence-electron chi connectivity index (χ0n) is 13.1. The predicted molar refractivity (Wildman–Crippen MR) is 88.9 cm³/mol. The van der Waals surface area contributed by atoms with Crippen molar-refractivity contribution in [3.8, 4) is 5.75 Å².